The Morgan fingerprint density at radius 1 is 0.320 bits per heavy atom. The van der Waals surface area contributed by atoms with Gasteiger partial charge in [-0.3, -0.25) is 0 Å². The van der Waals surface area contributed by atoms with Gasteiger partial charge >= 0.3 is 0 Å². The molecular weight excluding hydrogens is 304 g/mol. The van der Waals surface area contributed by atoms with Crippen LogP contribution in [0.4, 0.5) is 0 Å². The summed E-state index contributed by atoms with van der Waals surface area (Å²) in [4.78, 5) is 5.50. The van der Waals surface area contributed by atoms with Gasteiger partial charge in [0, 0.05) is 0 Å². The third-order valence-electron chi connectivity index (χ3n) is 5.26. The zero-order valence-electron chi connectivity index (χ0n) is 18.3. The molecule has 0 aromatic rings. The quantitative estimate of drug-likeness (QED) is 0.223. The molecule has 0 spiro atoms. The van der Waals surface area contributed by atoms with Crippen molar-refractivity contribution in [3.63, 3.8) is 0 Å². The average Bonchev–Trinajstić information content (AvgIpc) is 2.61. The molecule has 0 saturated heterocycles. The lowest BCUT2D eigenvalue weighted by Gasteiger charge is -2.26. The average molecular weight is 355 g/mol. The topological polar surface area (TPSA) is 6.48 Å². The molecule has 0 aromatic carbocycles. The number of hydrogen-bond donors (Lipinski definition) is 0. The first-order valence-corrected chi connectivity index (χ1v) is 11.7. The minimum Gasteiger partial charge on any atom is -0.303 e. The Labute approximate surface area is 160 Å². The molecule has 25 heavy (non-hydrogen) atoms. The van der Waals surface area contributed by atoms with Crippen LogP contribution < -0.4 is 0 Å². The van der Waals surface area contributed by atoms with Gasteiger partial charge in [-0.2, -0.15) is 0 Å². The summed E-state index contributed by atoms with van der Waals surface area (Å²) in [6.45, 7) is 17.2. The Kier molecular flexibility index (Phi) is 20.2. The molecule has 0 N–H and O–H groups in total. The zero-order chi connectivity index (χ0) is 18.6. The molecule has 0 rings (SSSR count). The van der Waals surface area contributed by atoms with Gasteiger partial charge in [-0.25, -0.2) is 0 Å². The van der Waals surface area contributed by atoms with E-state index in [0.717, 1.165) is 0 Å². The van der Waals surface area contributed by atoms with E-state index >= 15 is 0 Å². The summed E-state index contributed by atoms with van der Waals surface area (Å²) >= 11 is 0. The molecule has 0 fully saturated rings. The maximum absolute atomic E-state index is 2.75. The maximum Gasteiger partial charge on any atom is -0.000655 e. The lowest BCUT2D eigenvalue weighted by molar-refractivity contribution is 0.216. The third-order valence-corrected chi connectivity index (χ3v) is 5.26. The molecular formula is C23H50N2. The molecule has 152 valence electrons. The fourth-order valence-corrected chi connectivity index (χ4v) is 3.53. The summed E-state index contributed by atoms with van der Waals surface area (Å²) in [5, 5.41) is 0. The molecule has 0 aliphatic carbocycles. The van der Waals surface area contributed by atoms with Crippen molar-refractivity contribution in [2.45, 2.75) is 111 Å². The Morgan fingerprint density at radius 3 is 0.800 bits per heavy atom. The Balaban J connectivity index is 4.13. The molecule has 0 heterocycles. The van der Waals surface area contributed by atoms with Crippen LogP contribution in [0.2, 0.25) is 0 Å². The largest absolute Gasteiger partial charge is 0.303 e. The summed E-state index contributed by atoms with van der Waals surface area (Å²) in [6.07, 6.45) is 17.8. The van der Waals surface area contributed by atoms with Crippen molar-refractivity contribution in [1.29, 1.82) is 0 Å². The Morgan fingerprint density at radius 2 is 0.560 bits per heavy atom. The fourth-order valence-electron chi connectivity index (χ4n) is 3.53. The van der Waals surface area contributed by atoms with Crippen LogP contribution >= 0.6 is 0 Å². The van der Waals surface area contributed by atoms with Gasteiger partial charge in [0.2, 0.25) is 0 Å². The summed E-state index contributed by atoms with van der Waals surface area (Å²) in [5.41, 5.74) is 0. The molecule has 0 radical (unpaired) electrons. The molecule has 0 amide bonds. The van der Waals surface area contributed by atoms with E-state index in [1.54, 1.807) is 0 Å². The van der Waals surface area contributed by atoms with Crippen LogP contribution in [-0.4, -0.2) is 49.1 Å². The van der Waals surface area contributed by atoms with Crippen molar-refractivity contribution < 1.29 is 0 Å². The van der Waals surface area contributed by atoms with E-state index in [0.29, 0.717) is 0 Å². The number of nitrogens with zero attached hydrogens (tertiary/aromatic N) is 2. The van der Waals surface area contributed by atoms with E-state index in [1.807, 2.05) is 0 Å². The van der Waals surface area contributed by atoms with Crippen molar-refractivity contribution in [1.82, 2.24) is 9.80 Å². The lowest BCUT2D eigenvalue weighted by atomic mass is 10.2. The number of unbranched alkanes of at least 4 members (excludes halogenated alkanes) is 8. The van der Waals surface area contributed by atoms with Gasteiger partial charge in [0.1, 0.15) is 0 Å². The molecule has 2 heteroatoms. The van der Waals surface area contributed by atoms with Gasteiger partial charge in [0.05, 0.1) is 0 Å². The number of rotatable bonds is 20. The van der Waals surface area contributed by atoms with Gasteiger partial charge in [-0.1, -0.05) is 79.1 Å². The Bertz CT molecular complexity index is 198. The van der Waals surface area contributed by atoms with Crippen LogP contribution in [0.25, 0.3) is 0 Å². The summed E-state index contributed by atoms with van der Waals surface area (Å²) in [6, 6.07) is 0. The van der Waals surface area contributed by atoms with Crippen molar-refractivity contribution in [3.05, 3.63) is 0 Å². The van der Waals surface area contributed by atoms with Crippen LogP contribution in [0.5, 0.6) is 0 Å². The van der Waals surface area contributed by atoms with Crippen molar-refractivity contribution >= 4 is 0 Å². The highest BCUT2D eigenvalue weighted by Gasteiger charge is 2.08. The van der Waals surface area contributed by atoms with Gasteiger partial charge in [0.25, 0.3) is 0 Å². The zero-order valence-corrected chi connectivity index (χ0v) is 18.3. The van der Waals surface area contributed by atoms with E-state index in [1.165, 1.54) is 123 Å². The van der Waals surface area contributed by atoms with E-state index in [4.69, 9.17) is 0 Å². The van der Waals surface area contributed by atoms with Gasteiger partial charge in [-0.05, 0) is 71.4 Å². The summed E-state index contributed by atoms with van der Waals surface area (Å²) in [5.74, 6) is 0. The maximum atomic E-state index is 2.75. The molecule has 0 aromatic heterocycles. The standard InChI is InChI=1S/C23H50N2/c1-5-9-13-18-24(19-14-10-6-2)22-17-23-25(20-15-11-7-3)21-16-12-8-4/h5-23H2,1-4H3. The fraction of sp³-hybridized carbons (Fsp3) is 1.00. The van der Waals surface area contributed by atoms with Crippen molar-refractivity contribution in [2.75, 3.05) is 39.3 Å². The second kappa shape index (κ2) is 20.2. The minimum atomic E-state index is 1.31. The highest BCUT2D eigenvalue weighted by Crippen LogP contribution is 2.07. The van der Waals surface area contributed by atoms with Crippen LogP contribution in [0, 0.1) is 0 Å². The highest BCUT2D eigenvalue weighted by molar-refractivity contribution is 4.64. The summed E-state index contributed by atoms with van der Waals surface area (Å²) < 4.78 is 0. The van der Waals surface area contributed by atoms with Gasteiger partial charge < -0.3 is 9.80 Å². The SMILES string of the molecule is CCCCCN(CCCCC)CCCN(CCCCC)CCCCC. The van der Waals surface area contributed by atoms with Crippen LogP contribution in [-0.2, 0) is 0 Å². The molecule has 0 atom stereocenters. The molecule has 0 saturated carbocycles. The van der Waals surface area contributed by atoms with E-state index in [-0.39, 0.29) is 0 Å². The molecule has 0 bridgehead atoms. The first-order chi connectivity index (χ1) is 12.3. The van der Waals surface area contributed by atoms with E-state index < -0.39 is 0 Å². The van der Waals surface area contributed by atoms with Gasteiger partial charge in [0.15, 0.2) is 0 Å². The first kappa shape index (κ1) is 24.9. The second-order valence-electron chi connectivity index (χ2n) is 7.87. The third kappa shape index (κ3) is 17.1. The van der Waals surface area contributed by atoms with E-state index in [2.05, 4.69) is 37.5 Å². The lowest BCUT2D eigenvalue weighted by Crippen LogP contribution is -2.32. The predicted octanol–water partition coefficient (Wildman–Crippen LogP) is 6.74. The van der Waals surface area contributed by atoms with Crippen molar-refractivity contribution in [3.8, 4) is 0 Å². The monoisotopic (exact) mass is 354 g/mol. The number of hydrogen-bond acceptors (Lipinski definition) is 2. The van der Waals surface area contributed by atoms with E-state index in [9.17, 15) is 0 Å². The van der Waals surface area contributed by atoms with Crippen LogP contribution in [0.15, 0.2) is 0 Å². The molecule has 0 aliphatic heterocycles. The van der Waals surface area contributed by atoms with Crippen LogP contribution in [0.3, 0.4) is 0 Å². The summed E-state index contributed by atoms with van der Waals surface area (Å²) in [7, 11) is 0. The Hall–Kier alpha value is -0.0800. The van der Waals surface area contributed by atoms with Crippen LogP contribution in [0.1, 0.15) is 111 Å². The minimum absolute atomic E-state index is 1.31. The smallest absolute Gasteiger partial charge is 0.000655 e. The second-order valence-corrected chi connectivity index (χ2v) is 7.87. The van der Waals surface area contributed by atoms with Gasteiger partial charge in [-0.15, -0.1) is 0 Å². The predicted molar refractivity (Wildman–Crippen MR) is 116 cm³/mol. The van der Waals surface area contributed by atoms with Crippen molar-refractivity contribution in [2.24, 2.45) is 0 Å². The molecule has 0 aliphatic rings. The molecule has 2 nitrogen and oxygen atoms in total. The highest BCUT2D eigenvalue weighted by atomic mass is 15.1. The normalized spacial score (nSPS) is 11.8. The molecule has 0 unspecified atom stereocenters. The first-order valence-electron chi connectivity index (χ1n) is 11.7.